The van der Waals surface area contributed by atoms with Crippen molar-refractivity contribution in [1.29, 1.82) is 0 Å². The zero-order chi connectivity index (χ0) is 19.4. The van der Waals surface area contributed by atoms with E-state index in [1.54, 1.807) is 12.3 Å². The zero-order valence-electron chi connectivity index (χ0n) is 14.8. The molecule has 0 saturated carbocycles. The van der Waals surface area contributed by atoms with E-state index in [0.717, 1.165) is 32.1 Å². The van der Waals surface area contributed by atoms with Crippen LogP contribution < -0.4 is 10.2 Å². The molecule has 0 saturated heterocycles. The van der Waals surface area contributed by atoms with Gasteiger partial charge in [0.05, 0.1) is 16.8 Å². The first-order valence-electron chi connectivity index (χ1n) is 8.45. The van der Waals surface area contributed by atoms with Crippen LogP contribution in [0.5, 0.6) is 5.75 Å². The quantitative estimate of drug-likeness (QED) is 0.343. The molecule has 1 atom stereocenters. The first-order valence-corrected chi connectivity index (χ1v) is 10.0. The van der Waals surface area contributed by atoms with E-state index in [-0.39, 0.29) is 11.9 Å². The highest BCUT2D eigenvalue weighted by molar-refractivity contribution is 9.11. The van der Waals surface area contributed by atoms with Crippen molar-refractivity contribution in [2.75, 3.05) is 0 Å². The van der Waals surface area contributed by atoms with Crippen LogP contribution in [0.3, 0.4) is 0 Å². The molecule has 0 aliphatic rings. The van der Waals surface area contributed by atoms with Gasteiger partial charge < -0.3 is 9.15 Å². The van der Waals surface area contributed by atoms with Gasteiger partial charge in [0.15, 0.2) is 5.76 Å². The van der Waals surface area contributed by atoms with Crippen molar-refractivity contribution in [2.24, 2.45) is 5.10 Å². The van der Waals surface area contributed by atoms with E-state index >= 15 is 0 Å². The van der Waals surface area contributed by atoms with Gasteiger partial charge in [0, 0.05) is 9.86 Å². The molecule has 2 aromatic carbocycles. The highest BCUT2D eigenvalue weighted by Crippen LogP contribution is 2.30. The van der Waals surface area contributed by atoms with Gasteiger partial charge in [0.1, 0.15) is 11.3 Å². The number of rotatable bonds is 6. The molecule has 0 aliphatic carbocycles. The maximum atomic E-state index is 12.2. The number of fused-ring (bicyclic) bond motifs is 1. The van der Waals surface area contributed by atoms with Gasteiger partial charge in [0.25, 0.3) is 0 Å². The molecule has 0 spiro atoms. The van der Waals surface area contributed by atoms with E-state index in [1.807, 2.05) is 43.3 Å². The van der Waals surface area contributed by atoms with Gasteiger partial charge in [-0.25, -0.2) is 5.43 Å². The fourth-order valence-electron chi connectivity index (χ4n) is 2.36. The highest BCUT2D eigenvalue weighted by atomic mass is 79.9. The van der Waals surface area contributed by atoms with Crippen LogP contribution in [-0.4, -0.2) is 18.2 Å². The monoisotopic (exact) mass is 492 g/mol. The normalized spacial score (nSPS) is 12.4. The van der Waals surface area contributed by atoms with E-state index in [1.165, 1.54) is 0 Å². The van der Waals surface area contributed by atoms with Gasteiger partial charge in [-0.15, -0.1) is 0 Å². The Morgan fingerprint density at radius 3 is 2.70 bits per heavy atom. The summed E-state index contributed by atoms with van der Waals surface area (Å²) in [7, 11) is 0. The maximum Gasteiger partial charge on any atom is 0.307 e. The summed E-state index contributed by atoms with van der Waals surface area (Å²) in [4.78, 5) is 12.2. The Morgan fingerprint density at radius 1 is 1.26 bits per heavy atom. The minimum atomic E-state index is -0.415. The number of hydrazone groups is 1. The number of carbonyl (C=O) groups excluding carboxylic acids is 1. The number of nitrogens with one attached hydrogen (secondary N) is 1. The van der Waals surface area contributed by atoms with Crippen LogP contribution >= 0.6 is 31.9 Å². The summed E-state index contributed by atoms with van der Waals surface area (Å²) in [5.74, 6) is 0.588. The molecule has 0 radical (unpaired) electrons. The molecule has 1 unspecified atom stereocenters. The fourth-order valence-corrected chi connectivity index (χ4v) is 3.70. The second-order valence-corrected chi connectivity index (χ2v) is 7.79. The lowest BCUT2D eigenvalue weighted by Gasteiger charge is -2.12. The van der Waals surface area contributed by atoms with E-state index in [4.69, 9.17) is 9.15 Å². The average molecular weight is 494 g/mol. The first kappa shape index (κ1) is 19.6. The predicted molar refractivity (Wildman–Crippen MR) is 113 cm³/mol. The Balaban J connectivity index is 1.64. The lowest BCUT2D eigenvalue weighted by molar-refractivity contribution is 0.0929. The summed E-state index contributed by atoms with van der Waals surface area (Å²) in [5.41, 5.74) is 3.94. The van der Waals surface area contributed by atoms with E-state index in [2.05, 4.69) is 49.3 Å². The third-order valence-electron chi connectivity index (χ3n) is 3.93. The first-order chi connectivity index (χ1) is 13.0. The molecule has 3 rings (SSSR count). The molecule has 7 heteroatoms. The second-order valence-electron chi connectivity index (χ2n) is 6.02. The molecule has 5 nitrogen and oxygen atoms in total. The van der Waals surface area contributed by atoms with Gasteiger partial charge in [-0.1, -0.05) is 22.9 Å². The summed E-state index contributed by atoms with van der Waals surface area (Å²) in [6.07, 6.45) is 2.69. The number of benzene rings is 2. The number of ether oxygens (including phenoxy) is 1. The zero-order valence-corrected chi connectivity index (χ0v) is 18.0. The van der Waals surface area contributed by atoms with Crippen molar-refractivity contribution in [3.8, 4) is 5.75 Å². The number of nitrogens with zero attached hydrogens (tertiary/aromatic N) is 1. The van der Waals surface area contributed by atoms with Gasteiger partial charge in [-0.05, 0) is 77.3 Å². The average Bonchev–Trinajstić information content (AvgIpc) is 3.07. The molecular weight excluding hydrogens is 476 g/mol. The van der Waals surface area contributed by atoms with Crippen molar-refractivity contribution in [2.45, 2.75) is 26.4 Å². The number of hydrogen-bond donors (Lipinski definition) is 1. The topological polar surface area (TPSA) is 63.8 Å². The molecule has 140 valence electrons. The fraction of sp³-hybridized carbons (Fsp3) is 0.200. The predicted octanol–water partition coefficient (Wildman–Crippen LogP) is 5.90. The van der Waals surface area contributed by atoms with Gasteiger partial charge in [-0.3, -0.25) is 4.79 Å². The second kappa shape index (κ2) is 8.71. The summed E-state index contributed by atoms with van der Waals surface area (Å²) in [6.45, 7) is 4.11. The Bertz CT molecular complexity index is 981. The van der Waals surface area contributed by atoms with Crippen molar-refractivity contribution in [3.63, 3.8) is 0 Å². The Morgan fingerprint density at radius 2 is 2.00 bits per heavy atom. The standard InChI is InChI=1S/C20H18Br2N2O3/c1-3-12(2)26-16-6-4-13(5-7-16)11-23-24-20(25)18-9-14-8-15(21)10-17(22)19(14)27-18/h4-12H,3H2,1-2H3,(H,24,25)/b23-11-. The van der Waals surface area contributed by atoms with Crippen LogP contribution in [0, 0.1) is 0 Å². The molecule has 1 heterocycles. The van der Waals surface area contributed by atoms with Crippen molar-refractivity contribution >= 4 is 55.0 Å². The molecule has 1 amide bonds. The molecule has 0 aliphatic heterocycles. The molecule has 0 bridgehead atoms. The maximum absolute atomic E-state index is 12.2. The SMILES string of the molecule is CCC(C)Oc1ccc(/C=N\NC(=O)c2cc3cc(Br)cc(Br)c3o2)cc1. The number of hydrogen-bond acceptors (Lipinski definition) is 4. The number of amides is 1. The summed E-state index contributed by atoms with van der Waals surface area (Å²) in [6, 6.07) is 12.9. The van der Waals surface area contributed by atoms with Crippen LogP contribution in [0.1, 0.15) is 36.4 Å². The largest absolute Gasteiger partial charge is 0.491 e. The molecule has 27 heavy (non-hydrogen) atoms. The third-order valence-corrected chi connectivity index (χ3v) is 4.98. The van der Waals surface area contributed by atoms with Gasteiger partial charge in [0.2, 0.25) is 0 Å². The molecule has 1 aromatic heterocycles. The van der Waals surface area contributed by atoms with Crippen LogP contribution in [0.15, 0.2) is 60.9 Å². The minimum absolute atomic E-state index is 0.174. The van der Waals surface area contributed by atoms with Crippen LogP contribution in [0.2, 0.25) is 0 Å². The summed E-state index contributed by atoms with van der Waals surface area (Å²) in [5, 5.41) is 4.81. The van der Waals surface area contributed by atoms with Gasteiger partial charge >= 0.3 is 5.91 Å². The van der Waals surface area contributed by atoms with Crippen LogP contribution in [0.4, 0.5) is 0 Å². The third kappa shape index (κ3) is 4.99. The molecule has 0 fully saturated rings. The number of halogens is 2. The lowest BCUT2D eigenvalue weighted by Crippen LogP contribution is -2.16. The van der Waals surface area contributed by atoms with Crippen molar-refractivity contribution < 1.29 is 13.9 Å². The number of carbonyl (C=O) groups is 1. The smallest absolute Gasteiger partial charge is 0.307 e. The van der Waals surface area contributed by atoms with Gasteiger partial charge in [-0.2, -0.15) is 5.10 Å². The Kier molecular flexibility index (Phi) is 6.34. The van der Waals surface area contributed by atoms with E-state index in [0.29, 0.717) is 5.58 Å². The van der Waals surface area contributed by atoms with E-state index < -0.39 is 5.91 Å². The Labute approximate surface area is 174 Å². The lowest BCUT2D eigenvalue weighted by atomic mass is 10.2. The summed E-state index contributed by atoms with van der Waals surface area (Å²) >= 11 is 6.84. The minimum Gasteiger partial charge on any atom is -0.491 e. The Hall–Kier alpha value is -2.12. The molecular formula is C20H18Br2N2O3. The van der Waals surface area contributed by atoms with E-state index in [9.17, 15) is 4.79 Å². The molecule has 1 N–H and O–H groups in total. The van der Waals surface area contributed by atoms with Crippen LogP contribution in [0.25, 0.3) is 11.0 Å². The molecule has 3 aromatic rings. The summed E-state index contributed by atoms with van der Waals surface area (Å²) < 4.78 is 13.0. The number of furan rings is 1. The van der Waals surface area contributed by atoms with Crippen LogP contribution in [-0.2, 0) is 0 Å². The highest BCUT2D eigenvalue weighted by Gasteiger charge is 2.14. The van der Waals surface area contributed by atoms with Crippen molar-refractivity contribution in [1.82, 2.24) is 5.43 Å². The van der Waals surface area contributed by atoms with Crippen molar-refractivity contribution in [3.05, 3.63) is 62.7 Å².